The minimum absolute atomic E-state index is 0.0222. The zero-order valence-electron chi connectivity index (χ0n) is 30.8. The highest BCUT2D eigenvalue weighted by molar-refractivity contribution is 7.13. The molecule has 4 aromatic heterocycles. The van der Waals surface area contributed by atoms with Crippen molar-refractivity contribution in [2.75, 3.05) is 48.4 Å². The molecule has 0 aromatic carbocycles. The summed E-state index contributed by atoms with van der Waals surface area (Å²) in [6.45, 7) is 2.39. The molecule has 13 nitrogen and oxygen atoms in total. The summed E-state index contributed by atoms with van der Waals surface area (Å²) in [7, 11) is 0. The summed E-state index contributed by atoms with van der Waals surface area (Å²) in [4.78, 5) is 40.3. The molecule has 8 rings (SSSR count). The SMILES string of the molecule is O=C1CCCN1Cc1cc(NC2CCC(F)(F)CC2)nc(-n2nc(CF)cc2Cc2csc(-c3nc(NC4CCC(F)(F)CC4)cc(N4CCOCC4)n3)n2)n1. The molecular weight excluding hydrogens is 758 g/mol. The number of amides is 1. The average molecular weight is 802 g/mol. The monoisotopic (exact) mass is 801 g/mol. The first-order chi connectivity index (χ1) is 27.0. The van der Waals surface area contributed by atoms with Gasteiger partial charge in [0.25, 0.3) is 5.95 Å². The van der Waals surface area contributed by atoms with Crippen molar-refractivity contribution < 1.29 is 31.5 Å². The summed E-state index contributed by atoms with van der Waals surface area (Å²) in [6.07, 6.45) is 1.83. The molecule has 2 N–H and O–H groups in total. The lowest BCUT2D eigenvalue weighted by Crippen LogP contribution is -2.37. The van der Waals surface area contributed by atoms with E-state index in [1.54, 1.807) is 17.0 Å². The summed E-state index contributed by atoms with van der Waals surface area (Å²) in [5.74, 6) is -3.14. The second kappa shape index (κ2) is 16.1. The highest BCUT2D eigenvalue weighted by Gasteiger charge is 2.36. The van der Waals surface area contributed by atoms with Crippen LogP contribution in [0.5, 0.6) is 0 Å². The molecule has 4 fully saturated rings. The topological polar surface area (TPSA) is 139 Å². The lowest BCUT2D eigenvalue weighted by atomic mass is 9.92. The van der Waals surface area contributed by atoms with Crippen LogP contribution in [-0.2, 0) is 29.2 Å². The molecule has 0 bridgehead atoms. The Labute approximate surface area is 324 Å². The van der Waals surface area contributed by atoms with Crippen molar-refractivity contribution in [3.63, 3.8) is 0 Å². The third kappa shape index (κ3) is 9.19. The maximum Gasteiger partial charge on any atom is 0.253 e. The van der Waals surface area contributed by atoms with Crippen molar-refractivity contribution in [3.8, 4) is 16.8 Å². The number of halogens is 5. The van der Waals surface area contributed by atoms with Gasteiger partial charge in [-0.3, -0.25) is 4.79 Å². The van der Waals surface area contributed by atoms with Crippen LogP contribution in [0.25, 0.3) is 16.8 Å². The highest BCUT2D eigenvalue weighted by Crippen LogP contribution is 2.36. The van der Waals surface area contributed by atoms with E-state index in [0.717, 1.165) is 6.42 Å². The molecule has 4 aliphatic rings. The molecule has 2 aliphatic heterocycles. The van der Waals surface area contributed by atoms with E-state index < -0.39 is 18.5 Å². The fourth-order valence-corrected chi connectivity index (χ4v) is 8.41. The predicted molar refractivity (Wildman–Crippen MR) is 199 cm³/mol. The normalized spacial score (nSPS) is 20.5. The van der Waals surface area contributed by atoms with Crippen molar-refractivity contribution in [2.24, 2.45) is 0 Å². The first kappa shape index (κ1) is 38.4. The minimum Gasteiger partial charge on any atom is -0.378 e. The third-order valence-electron chi connectivity index (χ3n) is 10.7. The van der Waals surface area contributed by atoms with Gasteiger partial charge in [-0.1, -0.05) is 0 Å². The van der Waals surface area contributed by atoms with E-state index in [-0.39, 0.29) is 81.1 Å². The Morgan fingerprint density at radius 1 is 0.804 bits per heavy atom. The van der Waals surface area contributed by atoms with E-state index in [4.69, 9.17) is 29.7 Å². The first-order valence-electron chi connectivity index (χ1n) is 19.2. The predicted octanol–water partition coefficient (Wildman–Crippen LogP) is 6.57. The van der Waals surface area contributed by atoms with Gasteiger partial charge in [-0.05, 0) is 38.2 Å². The average Bonchev–Trinajstić information content (AvgIpc) is 3.94. The summed E-state index contributed by atoms with van der Waals surface area (Å²) < 4.78 is 76.8. The Morgan fingerprint density at radius 3 is 2.12 bits per heavy atom. The lowest BCUT2D eigenvalue weighted by molar-refractivity contribution is -0.128. The number of carbonyl (C=O) groups is 1. The second-order valence-corrected chi connectivity index (χ2v) is 15.9. The number of aromatic nitrogens is 7. The van der Waals surface area contributed by atoms with E-state index in [1.165, 1.54) is 16.0 Å². The van der Waals surface area contributed by atoms with Gasteiger partial charge in [-0.15, -0.1) is 11.3 Å². The molecule has 4 aromatic rings. The fourth-order valence-electron chi connectivity index (χ4n) is 7.66. The smallest absolute Gasteiger partial charge is 0.253 e. The molecule has 300 valence electrons. The number of anilines is 3. The van der Waals surface area contributed by atoms with Gasteiger partial charge in [0.05, 0.1) is 42.5 Å². The van der Waals surface area contributed by atoms with E-state index in [9.17, 15) is 26.7 Å². The highest BCUT2D eigenvalue weighted by atomic mass is 32.1. The van der Waals surface area contributed by atoms with Crippen LogP contribution in [-0.4, -0.2) is 102 Å². The van der Waals surface area contributed by atoms with Crippen molar-refractivity contribution in [3.05, 3.63) is 46.4 Å². The van der Waals surface area contributed by atoms with E-state index in [2.05, 4.69) is 20.6 Å². The maximum atomic E-state index is 14.2. The molecule has 6 heterocycles. The maximum absolute atomic E-state index is 14.2. The Morgan fingerprint density at radius 2 is 1.48 bits per heavy atom. The number of nitrogens with one attached hydrogen (secondary N) is 2. The van der Waals surface area contributed by atoms with Crippen molar-refractivity contribution >= 4 is 34.7 Å². The van der Waals surface area contributed by atoms with Crippen molar-refractivity contribution in [1.29, 1.82) is 0 Å². The van der Waals surface area contributed by atoms with Gasteiger partial charge in [0, 0.05) is 87.8 Å². The Bertz CT molecular complexity index is 2000. The summed E-state index contributed by atoms with van der Waals surface area (Å²) in [5, 5.41) is 13.6. The second-order valence-electron chi connectivity index (χ2n) is 15.0. The Kier molecular flexibility index (Phi) is 11.1. The van der Waals surface area contributed by atoms with Crippen LogP contribution in [0, 0.1) is 0 Å². The molecule has 0 radical (unpaired) electrons. The molecule has 0 unspecified atom stereocenters. The number of hydrogen-bond acceptors (Lipinski definition) is 12. The third-order valence-corrected chi connectivity index (χ3v) is 11.6. The molecule has 2 saturated heterocycles. The summed E-state index contributed by atoms with van der Waals surface area (Å²) in [5.41, 5.74) is 1.91. The van der Waals surface area contributed by atoms with Gasteiger partial charge in [-0.2, -0.15) is 10.1 Å². The summed E-state index contributed by atoms with van der Waals surface area (Å²) >= 11 is 1.35. The van der Waals surface area contributed by atoms with E-state index in [0.29, 0.717) is 97.5 Å². The van der Waals surface area contributed by atoms with Crippen LogP contribution < -0.4 is 15.5 Å². The van der Waals surface area contributed by atoms with E-state index in [1.807, 2.05) is 11.4 Å². The fraction of sp³-hybridized carbons (Fsp3) is 0.595. The van der Waals surface area contributed by atoms with Gasteiger partial charge >= 0.3 is 0 Å². The molecule has 56 heavy (non-hydrogen) atoms. The Balaban J connectivity index is 1.07. The van der Waals surface area contributed by atoms with Gasteiger partial charge in [0.15, 0.2) is 10.8 Å². The number of morpholine rings is 1. The number of thiazole rings is 1. The molecule has 2 saturated carbocycles. The number of nitrogens with zero attached hydrogens (tertiary/aromatic N) is 9. The van der Waals surface area contributed by atoms with Crippen LogP contribution in [0.2, 0.25) is 0 Å². The number of hydrogen-bond donors (Lipinski definition) is 2. The van der Waals surface area contributed by atoms with Gasteiger partial charge in [0.1, 0.15) is 24.1 Å². The minimum atomic E-state index is -2.69. The first-order valence-corrected chi connectivity index (χ1v) is 20.1. The molecule has 0 atom stereocenters. The van der Waals surface area contributed by atoms with Gasteiger partial charge in [-0.25, -0.2) is 46.6 Å². The zero-order valence-corrected chi connectivity index (χ0v) is 31.6. The van der Waals surface area contributed by atoms with E-state index >= 15 is 0 Å². The number of likely N-dealkylation sites (tertiary alicyclic amines) is 1. The lowest BCUT2D eigenvalue weighted by Gasteiger charge is -2.30. The van der Waals surface area contributed by atoms with Crippen molar-refractivity contribution in [2.45, 2.75) is 108 Å². The number of ether oxygens (including phenoxy) is 1. The van der Waals surface area contributed by atoms with Crippen LogP contribution in [0.4, 0.5) is 39.4 Å². The summed E-state index contributed by atoms with van der Waals surface area (Å²) in [6, 6.07) is 4.82. The molecular formula is C37H44F5N11O2S. The standard InChI is InChI=1S/C37H44F5N11O2S/c38-20-25-16-28(53(50-25)35-46-26(21-52-11-1-2-32(52)54)18-29(48-35)43-23-3-7-36(39,40)8-4-23)17-27-22-56-34(45-27)33-47-30(44-24-5-9-37(41,42)10-6-24)19-31(49-33)51-12-14-55-15-13-51/h16,18-19,22-24H,1-15,17,20-21H2,(H,43,46,48)(H,44,47,49). The zero-order chi connectivity index (χ0) is 38.9. The molecule has 2 aliphatic carbocycles. The van der Waals surface area contributed by atoms with Gasteiger partial charge < -0.3 is 25.2 Å². The molecule has 0 spiro atoms. The van der Waals surface area contributed by atoms with Crippen molar-refractivity contribution in [1.82, 2.24) is 39.6 Å². The number of carbonyl (C=O) groups excluding carboxylic acids is 1. The van der Waals surface area contributed by atoms with Gasteiger partial charge in [0.2, 0.25) is 17.8 Å². The number of alkyl halides is 5. The number of rotatable bonds is 12. The van der Waals surface area contributed by atoms with Crippen LogP contribution >= 0.6 is 11.3 Å². The largest absolute Gasteiger partial charge is 0.378 e. The van der Waals surface area contributed by atoms with Crippen LogP contribution in [0.3, 0.4) is 0 Å². The van der Waals surface area contributed by atoms with Crippen LogP contribution in [0.1, 0.15) is 87.0 Å². The quantitative estimate of drug-likeness (QED) is 0.150. The van der Waals surface area contributed by atoms with Crippen LogP contribution in [0.15, 0.2) is 23.6 Å². The molecule has 19 heteroatoms. The Hall–Kier alpha value is -4.52. The molecule has 1 amide bonds.